The first kappa shape index (κ1) is 15.9. The number of anilines is 1. The van der Waals surface area contributed by atoms with E-state index in [0.717, 1.165) is 31.1 Å². The van der Waals surface area contributed by atoms with Crippen molar-refractivity contribution in [2.45, 2.75) is 40.2 Å². The molecular weight excluding hydrogens is 291 g/mol. The van der Waals surface area contributed by atoms with Crippen molar-refractivity contribution >= 4 is 28.9 Å². The number of nitrogen functional groups attached to an aromatic ring is 1. The van der Waals surface area contributed by atoms with Gasteiger partial charge in [-0.3, -0.25) is 4.90 Å². The summed E-state index contributed by atoms with van der Waals surface area (Å²) in [5, 5.41) is 1.11. The van der Waals surface area contributed by atoms with Crippen molar-refractivity contribution in [1.82, 2.24) is 4.90 Å². The highest BCUT2D eigenvalue weighted by atomic mass is 35.5. The fourth-order valence-electron chi connectivity index (χ4n) is 2.94. The fraction of sp³-hybridized carbons (Fsp3) is 0.625. The molecule has 1 saturated heterocycles. The van der Waals surface area contributed by atoms with Crippen molar-refractivity contribution in [2.24, 2.45) is 11.3 Å². The number of rotatable bonds is 2. The summed E-state index contributed by atoms with van der Waals surface area (Å²) in [6.07, 6.45) is 2.53. The largest absolute Gasteiger partial charge is 0.396 e. The van der Waals surface area contributed by atoms with Crippen molar-refractivity contribution < 1.29 is 0 Å². The third-order valence-corrected chi connectivity index (χ3v) is 4.98. The van der Waals surface area contributed by atoms with Gasteiger partial charge in [-0.2, -0.15) is 0 Å². The molecular formula is C16H24Cl2N2. The lowest BCUT2D eigenvalue weighted by Gasteiger charge is -2.38. The molecule has 1 aromatic rings. The van der Waals surface area contributed by atoms with E-state index in [1.165, 1.54) is 12.8 Å². The van der Waals surface area contributed by atoms with Crippen LogP contribution in [0.15, 0.2) is 12.1 Å². The Labute approximate surface area is 132 Å². The van der Waals surface area contributed by atoms with Gasteiger partial charge in [0.05, 0.1) is 15.7 Å². The van der Waals surface area contributed by atoms with Crippen LogP contribution in [0.25, 0.3) is 0 Å². The molecule has 20 heavy (non-hydrogen) atoms. The first-order valence-electron chi connectivity index (χ1n) is 7.23. The van der Waals surface area contributed by atoms with Crippen LogP contribution in [0.4, 0.5) is 5.69 Å². The number of nitrogens with zero attached hydrogens (tertiary/aromatic N) is 1. The zero-order valence-electron chi connectivity index (χ0n) is 12.5. The van der Waals surface area contributed by atoms with E-state index in [2.05, 4.69) is 25.7 Å². The molecule has 0 aliphatic carbocycles. The molecule has 0 unspecified atom stereocenters. The van der Waals surface area contributed by atoms with Gasteiger partial charge in [-0.25, -0.2) is 0 Å². The monoisotopic (exact) mass is 314 g/mol. The van der Waals surface area contributed by atoms with Crippen LogP contribution in [0, 0.1) is 11.3 Å². The molecule has 2 N–H and O–H groups in total. The van der Waals surface area contributed by atoms with Crippen LogP contribution < -0.4 is 5.73 Å². The Bertz CT molecular complexity index is 449. The van der Waals surface area contributed by atoms with Crippen molar-refractivity contribution in [3.63, 3.8) is 0 Å². The first-order chi connectivity index (χ1) is 9.27. The second kappa shape index (κ2) is 6.13. The van der Waals surface area contributed by atoms with E-state index < -0.39 is 0 Å². The van der Waals surface area contributed by atoms with Crippen LogP contribution in [0.1, 0.15) is 39.2 Å². The molecule has 0 saturated carbocycles. The number of likely N-dealkylation sites (tertiary alicyclic amines) is 1. The van der Waals surface area contributed by atoms with Gasteiger partial charge < -0.3 is 5.73 Å². The number of halogens is 2. The van der Waals surface area contributed by atoms with E-state index in [0.29, 0.717) is 21.1 Å². The summed E-state index contributed by atoms with van der Waals surface area (Å²) in [6, 6.07) is 3.86. The van der Waals surface area contributed by atoms with E-state index in [1.807, 2.05) is 12.1 Å². The van der Waals surface area contributed by atoms with Crippen LogP contribution >= 0.6 is 23.2 Å². The SMILES string of the molecule is CC(C)(C)C1CCN(Cc2cc(Cl)c(N)c(Cl)c2)CC1. The number of hydrogen-bond acceptors (Lipinski definition) is 2. The minimum atomic E-state index is 0.417. The molecule has 1 aliphatic rings. The van der Waals surface area contributed by atoms with E-state index >= 15 is 0 Å². The molecule has 0 amide bonds. The van der Waals surface area contributed by atoms with E-state index in [1.54, 1.807) is 0 Å². The van der Waals surface area contributed by atoms with Crippen LogP contribution in [-0.2, 0) is 6.54 Å². The quantitative estimate of drug-likeness (QED) is 0.792. The number of nitrogens with two attached hydrogens (primary N) is 1. The first-order valence-corrected chi connectivity index (χ1v) is 7.98. The van der Waals surface area contributed by atoms with Crippen LogP contribution in [0.2, 0.25) is 10.0 Å². The molecule has 0 bridgehead atoms. The van der Waals surface area contributed by atoms with Gasteiger partial charge in [0.2, 0.25) is 0 Å². The second-order valence-corrected chi connectivity index (χ2v) is 7.70. The number of hydrogen-bond donors (Lipinski definition) is 1. The standard InChI is InChI=1S/C16H24Cl2N2/c1-16(2,3)12-4-6-20(7-5-12)10-11-8-13(17)15(19)14(18)9-11/h8-9,12H,4-7,10,19H2,1-3H3. The lowest BCUT2D eigenvalue weighted by molar-refractivity contribution is 0.108. The molecule has 1 fully saturated rings. The second-order valence-electron chi connectivity index (χ2n) is 6.89. The lowest BCUT2D eigenvalue weighted by atomic mass is 9.75. The third kappa shape index (κ3) is 3.81. The molecule has 2 rings (SSSR count). The molecule has 0 aromatic heterocycles. The maximum absolute atomic E-state index is 6.09. The topological polar surface area (TPSA) is 29.3 Å². The maximum Gasteiger partial charge on any atom is 0.0693 e. The van der Waals surface area contributed by atoms with Crippen LogP contribution in [0.3, 0.4) is 0 Å². The highest BCUT2D eigenvalue weighted by Gasteiger charge is 2.28. The maximum atomic E-state index is 6.09. The summed E-state index contributed by atoms with van der Waals surface area (Å²) in [6.45, 7) is 10.2. The molecule has 112 valence electrons. The zero-order chi connectivity index (χ0) is 14.9. The Hall–Kier alpha value is -0.440. The molecule has 1 aliphatic heterocycles. The van der Waals surface area contributed by atoms with Gasteiger partial charge in [0.15, 0.2) is 0 Å². The van der Waals surface area contributed by atoms with Gasteiger partial charge in [0.1, 0.15) is 0 Å². The predicted molar refractivity (Wildman–Crippen MR) is 88.3 cm³/mol. The molecule has 0 atom stereocenters. The predicted octanol–water partition coefficient (Wildman–Crippen LogP) is 4.83. The van der Waals surface area contributed by atoms with Crippen molar-refractivity contribution in [3.8, 4) is 0 Å². The lowest BCUT2D eigenvalue weighted by Crippen LogP contribution is -2.37. The zero-order valence-corrected chi connectivity index (χ0v) is 14.1. The Kier molecular flexibility index (Phi) is 4.88. The highest BCUT2D eigenvalue weighted by molar-refractivity contribution is 6.38. The van der Waals surface area contributed by atoms with E-state index in [-0.39, 0.29) is 0 Å². The van der Waals surface area contributed by atoms with Gasteiger partial charge in [-0.1, -0.05) is 44.0 Å². The molecule has 2 nitrogen and oxygen atoms in total. The molecule has 0 radical (unpaired) electrons. The molecule has 0 spiro atoms. The summed E-state index contributed by atoms with van der Waals surface area (Å²) >= 11 is 12.2. The number of benzene rings is 1. The smallest absolute Gasteiger partial charge is 0.0693 e. The Morgan fingerprint density at radius 1 is 1.15 bits per heavy atom. The summed E-state index contributed by atoms with van der Waals surface area (Å²) in [4.78, 5) is 2.47. The number of piperidine rings is 1. The third-order valence-electron chi connectivity index (χ3n) is 4.36. The van der Waals surface area contributed by atoms with Crippen LogP contribution in [0.5, 0.6) is 0 Å². The highest BCUT2D eigenvalue weighted by Crippen LogP contribution is 2.35. The summed E-state index contributed by atoms with van der Waals surface area (Å²) in [5.41, 5.74) is 7.81. The van der Waals surface area contributed by atoms with Crippen molar-refractivity contribution in [1.29, 1.82) is 0 Å². The van der Waals surface area contributed by atoms with Gasteiger partial charge in [-0.15, -0.1) is 0 Å². The summed E-state index contributed by atoms with van der Waals surface area (Å²) in [7, 11) is 0. The van der Waals surface area contributed by atoms with Crippen molar-refractivity contribution in [2.75, 3.05) is 18.8 Å². The normalized spacial score (nSPS) is 18.4. The Balaban J connectivity index is 1.96. The minimum Gasteiger partial charge on any atom is -0.396 e. The molecule has 4 heteroatoms. The Morgan fingerprint density at radius 2 is 1.65 bits per heavy atom. The van der Waals surface area contributed by atoms with Crippen LogP contribution in [-0.4, -0.2) is 18.0 Å². The van der Waals surface area contributed by atoms with Crippen molar-refractivity contribution in [3.05, 3.63) is 27.7 Å². The molecule has 1 aromatic carbocycles. The van der Waals surface area contributed by atoms with Gasteiger partial charge in [-0.05, 0) is 55.0 Å². The summed E-state index contributed by atoms with van der Waals surface area (Å²) < 4.78 is 0. The average Bonchev–Trinajstić information content (AvgIpc) is 2.35. The van der Waals surface area contributed by atoms with Gasteiger partial charge in [0.25, 0.3) is 0 Å². The average molecular weight is 315 g/mol. The van der Waals surface area contributed by atoms with Gasteiger partial charge in [0, 0.05) is 6.54 Å². The minimum absolute atomic E-state index is 0.417. The van der Waals surface area contributed by atoms with E-state index in [9.17, 15) is 0 Å². The molecule has 1 heterocycles. The van der Waals surface area contributed by atoms with Gasteiger partial charge >= 0.3 is 0 Å². The fourth-order valence-corrected chi connectivity index (χ4v) is 3.48. The van der Waals surface area contributed by atoms with E-state index in [4.69, 9.17) is 28.9 Å². The summed E-state index contributed by atoms with van der Waals surface area (Å²) in [5.74, 6) is 0.817. The Morgan fingerprint density at radius 3 is 2.10 bits per heavy atom.